The van der Waals surface area contributed by atoms with Gasteiger partial charge in [0.2, 0.25) is 5.90 Å². The third-order valence-corrected chi connectivity index (χ3v) is 5.05. The van der Waals surface area contributed by atoms with Gasteiger partial charge in [-0.05, 0) is 42.0 Å². The summed E-state index contributed by atoms with van der Waals surface area (Å²) < 4.78 is 12.1. The molecule has 0 spiro atoms. The first-order valence-corrected chi connectivity index (χ1v) is 10.0. The molecule has 1 aliphatic heterocycles. The molecular weight excluding hydrogens is 454 g/mol. The molecule has 3 aromatic carbocycles. The van der Waals surface area contributed by atoms with E-state index in [1.54, 1.807) is 24.3 Å². The maximum atomic E-state index is 12.3. The van der Waals surface area contributed by atoms with Crippen LogP contribution in [0.4, 0.5) is 0 Å². The molecule has 144 valence electrons. The Morgan fingerprint density at radius 3 is 2.59 bits per heavy atom. The van der Waals surface area contributed by atoms with Crippen molar-refractivity contribution < 1.29 is 14.3 Å². The molecule has 6 heteroatoms. The molecule has 0 amide bonds. The molecule has 0 atom stereocenters. The lowest BCUT2D eigenvalue weighted by molar-refractivity contribution is -0.129. The van der Waals surface area contributed by atoms with Crippen molar-refractivity contribution in [3.8, 4) is 5.75 Å². The Balaban J connectivity index is 1.64. The van der Waals surface area contributed by atoms with Gasteiger partial charge in [0, 0.05) is 10.0 Å². The van der Waals surface area contributed by atoms with Crippen LogP contribution in [0.3, 0.4) is 0 Å². The van der Waals surface area contributed by atoms with E-state index in [2.05, 4.69) is 20.9 Å². The molecular formula is C23H15BrClNO3. The van der Waals surface area contributed by atoms with Crippen LogP contribution in [0.5, 0.6) is 5.75 Å². The zero-order chi connectivity index (χ0) is 20.2. The van der Waals surface area contributed by atoms with Crippen LogP contribution < -0.4 is 4.74 Å². The fourth-order valence-corrected chi connectivity index (χ4v) is 3.40. The van der Waals surface area contributed by atoms with E-state index in [-0.39, 0.29) is 11.6 Å². The number of rotatable bonds is 5. The van der Waals surface area contributed by atoms with Crippen molar-refractivity contribution in [3.05, 3.63) is 105 Å². The van der Waals surface area contributed by atoms with E-state index in [4.69, 9.17) is 21.1 Å². The molecule has 0 saturated heterocycles. The number of cyclic esters (lactones) is 1. The predicted octanol–water partition coefficient (Wildman–Crippen LogP) is 6.03. The number of hydrogen-bond acceptors (Lipinski definition) is 4. The van der Waals surface area contributed by atoms with Gasteiger partial charge in [0.1, 0.15) is 12.4 Å². The van der Waals surface area contributed by atoms with Crippen LogP contribution in [0.25, 0.3) is 6.08 Å². The zero-order valence-electron chi connectivity index (χ0n) is 15.1. The van der Waals surface area contributed by atoms with Crippen LogP contribution >= 0.6 is 27.5 Å². The molecule has 0 bridgehead atoms. The third-order valence-electron chi connectivity index (χ3n) is 4.23. The van der Waals surface area contributed by atoms with Crippen molar-refractivity contribution in [2.45, 2.75) is 6.61 Å². The number of aliphatic imine (C=N–C) groups is 1. The molecule has 4 nitrogen and oxygen atoms in total. The highest BCUT2D eigenvalue weighted by Crippen LogP contribution is 2.29. The minimum absolute atomic E-state index is 0.183. The van der Waals surface area contributed by atoms with Gasteiger partial charge in [0.15, 0.2) is 5.70 Å². The summed E-state index contributed by atoms with van der Waals surface area (Å²) in [6, 6.07) is 22.5. The molecule has 0 radical (unpaired) electrons. The van der Waals surface area contributed by atoms with Crippen LogP contribution in [-0.2, 0) is 16.1 Å². The molecule has 29 heavy (non-hydrogen) atoms. The van der Waals surface area contributed by atoms with Gasteiger partial charge >= 0.3 is 5.97 Å². The van der Waals surface area contributed by atoms with Gasteiger partial charge in [-0.15, -0.1) is 0 Å². The summed E-state index contributed by atoms with van der Waals surface area (Å²) in [5, 5.41) is 0.467. The number of halogens is 2. The Kier molecular flexibility index (Phi) is 5.79. The minimum atomic E-state index is -0.533. The second kappa shape index (κ2) is 8.64. The lowest BCUT2D eigenvalue weighted by Gasteiger charge is -2.10. The van der Waals surface area contributed by atoms with Crippen LogP contribution in [0.15, 0.2) is 88.0 Å². The fraction of sp³-hybridized carbons (Fsp3) is 0.0435. The second-order valence-electron chi connectivity index (χ2n) is 6.27. The van der Waals surface area contributed by atoms with E-state index in [0.29, 0.717) is 28.5 Å². The van der Waals surface area contributed by atoms with Crippen molar-refractivity contribution >= 4 is 45.5 Å². The van der Waals surface area contributed by atoms with E-state index in [1.807, 2.05) is 54.6 Å². The molecule has 0 aliphatic carbocycles. The van der Waals surface area contributed by atoms with Gasteiger partial charge in [-0.25, -0.2) is 9.79 Å². The zero-order valence-corrected chi connectivity index (χ0v) is 17.5. The quantitative estimate of drug-likeness (QED) is 0.339. The molecule has 4 rings (SSSR count). The van der Waals surface area contributed by atoms with E-state index < -0.39 is 5.97 Å². The number of esters is 1. The van der Waals surface area contributed by atoms with Crippen molar-refractivity contribution in [1.82, 2.24) is 0 Å². The van der Waals surface area contributed by atoms with Gasteiger partial charge < -0.3 is 9.47 Å². The SMILES string of the molecule is O=C1OC(c2ccccc2Cl)=N/C1=C\c1cc(Br)ccc1OCc1ccccc1. The van der Waals surface area contributed by atoms with Gasteiger partial charge in [-0.2, -0.15) is 0 Å². The molecule has 1 heterocycles. The number of hydrogen-bond donors (Lipinski definition) is 0. The first-order valence-electron chi connectivity index (χ1n) is 8.84. The first kappa shape index (κ1) is 19.4. The molecule has 3 aromatic rings. The van der Waals surface area contributed by atoms with Crippen LogP contribution in [-0.4, -0.2) is 11.9 Å². The van der Waals surface area contributed by atoms with Gasteiger partial charge in [0.05, 0.1) is 10.6 Å². The highest BCUT2D eigenvalue weighted by Gasteiger charge is 2.25. The first-order chi connectivity index (χ1) is 14.1. The second-order valence-corrected chi connectivity index (χ2v) is 7.60. The maximum Gasteiger partial charge on any atom is 0.363 e. The third kappa shape index (κ3) is 4.58. The van der Waals surface area contributed by atoms with Crippen LogP contribution in [0, 0.1) is 0 Å². The Bertz CT molecular complexity index is 1130. The maximum absolute atomic E-state index is 12.3. The van der Waals surface area contributed by atoms with Crippen LogP contribution in [0.2, 0.25) is 5.02 Å². The molecule has 0 N–H and O–H groups in total. The smallest absolute Gasteiger partial charge is 0.363 e. The highest BCUT2D eigenvalue weighted by atomic mass is 79.9. The van der Waals surface area contributed by atoms with Crippen molar-refractivity contribution in [3.63, 3.8) is 0 Å². The molecule has 1 aliphatic rings. The highest BCUT2D eigenvalue weighted by molar-refractivity contribution is 9.10. The van der Waals surface area contributed by atoms with Crippen molar-refractivity contribution in [2.24, 2.45) is 4.99 Å². The Morgan fingerprint density at radius 1 is 1.03 bits per heavy atom. The summed E-state index contributed by atoms with van der Waals surface area (Å²) in [7, 11) is 0. The van der Waals surface area contributed by atoms with Gasteiger partial charge in [0.25, 0.3) is 0 Å². The number of ether oxygens (including phenoxy) is 2. The average molecular weight is 469 g/mol. The number of carbonyl (C=O) groups excluding carboxylic acids is 1. The Morgan fingerprint density at radius 2 is 1.79 bits per heavy atom. The normalized spacial score (nSPS) is 14.6. The summed E-state index contributed by atoms with van der Waals surface area (Å²) in [6.07, 6.45) is 1.65. The lowest BCUT2D eigenvalue weighted by atomic mass is 10.1. The van der Waals surface area contributed by atoms with E-state index in [1.165, 1.54) is 0 Å². The fourth-order valence-electron chi connectivity index (χ4n) is 2.81. The number of benzene rings is 3. The predicted molar refractivity (Wildman–Crippen MR) is 117 cm³/mol. The van der Waals surface area contributed by atoms with E-state index >= 15 is 0 Å². The summed E-state index contributed by atoms with van der Waals surface area (Å²) in [5.74, 6) is 0.293. The Labute approximate surface area is 181 Å². The number of nitrogens with zero attached hydrogens (tertiary/aromatic N) is 1. The minimum Gasteiger partial charge on any atom is -0.488 e. The van der Waals surface area contributed by atoms with E-state index in [9.17, 15) is 4.79 Å². The largest absolute Gasteiger partial charge is 0.488 e. The van der Waals surface area contributed by atoms with Crippen molar-refractivity contribution in [1.29, 1.82) is 0 Å². The molecule has 0 saturated carbocycles. The number of carbonyl (C=O) groups is 1. The summed E-state index contributed by atoms with van der Waals surface area (Å²) in [6.45, 7) is 0.414. The standard InChI is InChI=1S/C23H15BrClNO3/c24-17-10-11-21(28-14-15-6-2-1-3-7-15)16(12-17)13-20-23(27)29-22(26-20)18-8-4-5-9-19(18)25/h1-13H,14H2/b20-13-. The molecule has 0 unspecified atom stereocenters. The molecule has 0 fully saturated rings. The Hall–Kier alpha value is -2.89. The summed E-state index contributed by atoms with van der Waals surface area (Å²) in [5.41, 5.74) is 2.52. The topological polar surface area (TPSA) is 47.9 Å². The average Bonchev–Trinajstić information content (AvgIpc) is 3.08. The monoisotopic (exact) mass is 467 g/mol. The van der Waals surface area contributed by atoms with Gasteiger partial charge in [-0.3, -0.25) is 0 Å². The molecule has 0 aromatic heterocycles. The van der Waals surface area contributed by atoms with Crippen LogP contribution in [0.1, 0.15) is 16.7 Å². The lowest BCUT2D eigenvalue weighted by Crippen LogP contribution is -2.05. The summed E-state index contributed by atoms with van der Waals surface area (Å²) >= 11 is 9.65. The van der Waals surface area contributed by atoms with E-state index in [0.717, 1.165) is 10.0 Å². The summed E-state index contributed by atoms with van der Waals surface area (Å²) in [4.78, 5) is 16.7. The van der Waals surface area contributed by atoms with Gasteiger partial charge in [-0.1, -0.05) is 70.0 Å². The van der Waals surface area contributed by atoms with Crippen molar-refractivity contribution in [2.75, 3.05) is 0 Å².